The van der Waals surface area contributed by atoms with E-state index in [1.807, 2.05) is 0 Å². The smallest absolute Gasteiger partial charge is 1.00 e. The molecule has 0 saturated carbocycles. The Bertz CT molecular complexity index is 1480. The molecule has 3 heteroatoms. The van der Waals surface area contributed by atoms with Gasteiger partial charge >= 0.3 is 79.8 Å². The van der Waals surface area contributed by atoms with Crippen molar-refractivity contribution in [2.75, 3.05) is 0 Å². The van der Waals surface area contributed by atoms with Gasteiger partial charge in [0.1, 0.15) is 0 Å². The summed E-state index contributed by atoms with van der Waals surface area (Å²) in [5.41, 5.74) is 16.3. The number of halogens is 2. The van der Waals surface area contributed by atoms with Gasteiger partial charge < -0.3 is 24.8 Å². The van der Waals surface area contributed by atoms with Gasteiger partial charge in [0.15, 0.2) is 0 Å². The van der Waals surface area contributed by atoms with Gasteiger partial charge in [-0.05, 0) is 58.4 Å². The van der Waals surface area contributed by atoms with Crippen LogP contribution in [0.15, 0.2) is 48.1 Å². The summed E-state index contributed by atoms with van der Waals surface area (Å²) in [7, 11) is 0. The van der Waals surface area contributed by atoms with E-state index in [1.165, 1.54) is 99.8 Å². The minimum absolute atomic E-state index is 0. The predicted octanol–water partition coefficient (Wildman–Crippen LogP) is 6.51. The van der Waals surface area contributed by atoms with Crippen LogP contribution >= 0.6 is 0 Å². The number of hydrogen-bond donors (Lipinski definition) is 0. The second kappa shape index (κ2) is 16.6. The Balaban J connectivity index is 0.000000293. The third kappa shape index (κ3) is 9.71. The van der Waals surface area contributed by atoms with Crippen molar-refractivity contribution in [1.29, 1.82) is 0 Å². The minimum Gasteiger partial charge on any atom is -1.00 e. The van der Waals surface area contributed by atoms with Crippen molar-refractivity contribution in [3.63, 3.8) is 0 Å². The molecular weight excluding hydrogens is 691 g/mol. The van der Waals surface area contributed by atoms with Crippen molar-refractivity contribution in [3.8, 4) is 11.1 Å². The van der Waals surface area contributed by atoms with E-state index < -0.39 is 0 Å². The maximum Gasteiger partial charge on any atom is -1.00 e. The monoisotopic (exact) mass is 746 g/mol. The van der Waals surface area contributed by atoms with Crippen LogP contribution in [0.3, 0.4) is 0 Å². The van der Waals surface area contributed by atoms with E-state index >= 15 is 0 Å². The molecule has 47 heavy (non-hydrogen) atoms. The predicted molar refractivity (Wildman–Crippen MR) is 195 cm³/mol. The van der Waals surface area contributed by atoms with Crippen LogP contribution in [0.5, 0.6) is 0 Å². The fourth-order valence-electron chi connectivity index (χ4n) is 7.23. The van der Waals surface area contributed by atoms with E-state index in [2.05, 4.69) is 138 Å². The summed E-state index contributed by atoms with van der Waals surface area (Å²) < 4.78 is 1.79. The molecule has 0 radical (unpaired) electrons. The number of fused-ring (bicyclic) bond motifs is 5. The van der Waals surface area contributed by atoms with Gasteiger partial charge in [-0.2, -0.15) is 17.2 Å². The summed E-state index contributed by atoms with van der Waals surface area (Å²) in [6.45, 7) is 27.1. The Labute approximate surface area is 316 Å². The molecule has 6 rings (SSSR count). The molecule has 0 saturated heterocycles. The van der Waals surface area contributed by atoms with E-state index in [4.69, 9.17) is 0 Å². The number of hydrogen-bond acceptors (Lipinski definition) is 0. The van der Waals surface area contributed by atoms with Crippen molar-refractivity contribution in [2.24, 2.45) is 11.3 Å². The largest absolute Gasteiger partial charge is 1.00 e. The molecule has 0 heterocycles. The van der Waals surface area contributed by atoms with Gasteiger partial charge in [-0.15, -0.1) is 11.6 Å². The number of allylic oxidation sites excluding steroid dienone is 8. The zero-order valence-electron chi connectivity index (χ0n) is 31.3. The van der Waals surface area contributed by atoms with Crippen molar-refractivity contribution in [3.05, 3.63) is 93.6 Å². The summed E-state index contributed by atoms with van der Waals surface area (Å²) in [5, 5.41) is 0. The number of benzene rings is 2. The van der Waals surface area contributed by atoms with Crippen LogP contribution in [0.1, 0.15) is 155 Å². The van der Waals surface area contributed by atoms with Crippen molar-refractivity contribution in [1.82, 2.24) is 0 Å². The van der Waals surface area contributed by atoms with Gasteiger partial charge in [0.25, 0.3) is 0 Å². The average molecular weight is 749 g/mol. The Morgan fingerprint density at radius 2 is 1.36 bits per heavy atom. The first-order chi connectivity index (χ1) is 21.0. The number of rotatable bonds is 6. The quantitative estimate of drug-likeness (QED) is 0.253. The molecule has 4 aliphatic carbocycles. The molecule has 0 aliphatic heterocycles. The van der Waals surface area contributed by atoms with E-state index in [-0.39, 0.29) is 35.6 Å². The molecule has 0 amide bonds. The first-order valence-electron chi connectivity index (χ1n) is 17.5. The standard InChI is InChI=1S/C25H25.C10H15.C9H18.2ClH.Zr/c1-14-12-24(3,4)22-8-16-7-17-9-23-19(15(2)13-25(23,5)6)11-21(17)20(16)10-18(14)22;1-8-5-6-9(7-8)10(2,3)4;1-3-5-7-9-8-6-4-2;;;/h8-12H,7H2,1-6H3;6-8H,1-4H3;3-8H2,1-2H3;2*1H;/q2*-1;;;;+2/p-2. The Morgan fingerprint density at radius 1 is 0.830 bits per heavy atom. The molecule has 1 unspecified atom stereocenters. The fraction of sp³-hybridized carbons (Fsp3) is 0.523. The molecule has 1 atom stereocenters. The van der Waals surface area contributed by atoms with Crippen LogP contribution in [0, 0.1) is 23.5 Å². The molecule has 2 aromatic rings. The summed E-state index contributed by atoms with van der Waals surface area (Å²) >= 11 is 1.67. The van der Waals surface area contributed by atoms with Crippen LogP contribution in [-0.2, 0) is 41.5 Å². The van der Waals surface area contributed by atoms with E-state index in [0.29, 0.717) is 11.3 Å². The summed E-state index contributed by atoms with van der Waals surface area (Å²) in [6.07, 6.45) is 23.1. The summed E-state index contributed by atoms with van der Waals surface area (Å²) in [4.78, 5) is 0. The molecule has 0 nitrogen and oxygen atoms in total. The second-order valence-electron chi connectivity index (χ2n) is 16.0. The molecule has 2 aromatic carbocycles. The molecule has 0 aromatic heterocycles. The van der Waals surface area contributed by atoms with E-state index in [1.54, 1.807) is 27.4 Å². The van der Waals surface area contributed by atoms with E-state index in [0.717, 1.165) is 6.42 Å². The van der Waals surface area contributed by atoms with Gasteiger partial charge in [0.05, 0.1) is 0 Å². The SMILES string of the molecule is CC1=[C-]C(C)(C)c2cc3c(cc21)-c1cc2c(cc1C3)C(C)(C)C=C2C.CC1[C-]=CC(C(C)(C)C)=C1.CCCC[C](=[Zr+2])CCCC.[Cl-].[Cl-]. The molecule has 254 valence electrons. The molecule has 4 aliphatic rings. The maximum absolute atomic E-state index is 3.65. The van der Waals surface area contributed by atoms with E-state index in [9.17, 15) is 0 Å². The number of unbranched alkanes of at least 4 members (excludes halogenated alkanes) is 2. The normalized spacial score (nSPS) is 18.4. The van der Waals surface area contributed by atoms with Gasteiger partial charge in [0.2, 0.25) is 0 Å². The third-order valence-electron chi connectivity index (χ3n) is 9.89. The third-order valence-corrected chi connectivity index (χ3v) is 11.1. The van der Waals surface area contributed by atoms with Crippen molar-refractivity contribution < 1.29 is 49.0 Å². The van der Waals surface area contributed by atoms with Crippen LogP contribution < -0.4 is 24.8 Å². The summed E-state index contributed by atoms with van der Waals surface area (Å²) in [6, 6.07) is 9.81. The molecule has 0 bridgehead atoms. The Hall–Kier alpha value is -1.27. The zero-order chi connectivity index (χ0) is 33.3. The first kappa shape index (κ1) is 41.9. The van der Waals surface area contributed by atoms with Crippen molar-refractivity contribution in [2.45, 2.75) is 139 Å². The van der Waals surface area contributed by atoms with Crippen LogP contribution in [0.25, 0.3) is 22.3 Å². The average Bonchev–Trinajstić information content (AvgIpc) is 3.67. The minimum atomic E-state index is 0. The van der Waals surface area contributed by atoms with Gasteiger partial charge in [0, 0.05) is 5.41 Å². The zero-order valence-corrected chi connectivity index (χ0v) is 35.3. The first-order valence-corrected chi connectivity index (χ1v) is 18.8. The fourth-order valence-corrected chi connectivity index (χ4v) is 8.10. The molecule has 0 spiro atoms. The second-order valence-corrected chi connectivity index (χ2v) is 17.7. The van der Waals surface area contributed by atoms with Crippen LogP contribution in [-0.4, -0.2) is 3.21 Å². The summed E-state index contributed by atoms with van der Waals surface area (Å²) in [5.74, 6) is 0.522. The molecular formula is C44H58Cl2Zr-2. The molecule has 0 fully saturated rings. The maximum atomic E-state index is 3.65. The van der Waals surface area contributed by atoms with Crippen LogP contribution in [0.2, 0.25) is 0 Å². The van der Waals surface area contributed by atoms with Gasteiger partial charge in [-0.25, -0.2) is 11.6 Å². The van der Waals surface area contributed by atoms with Crippen molar-refractivity contribution >= 4 is 14.4 Å². The molecule has 0 N–H and O–H groups in total. The van der Waals surface area contributed by atoms with Crippen LogP contribution in [0.4, 0.5) is 0 Å². The Kier molecular flexibility index (Phi) is 14.8. The Morgan fingerprint density at radius 3 is 1.83 bits per heavy atom. The van der Waals surface area contributed by atoms with Gasteiger partial charge in [-0.1, -0.05) is 97.3 Å². The topological polar surface area (TPSA) is 0 Å². The van der Waals surface area contributed by atoms with Gasteiger partial charge in [-0.3, -0.25) is 12.2 Å².